The fourth-order valence-corrected chi connectivity index (χ4v) is 3.60. The van der Waals surface area contributed by atoms with Crippen molar-refractivity contribution in [2.75, 3.05) is 37.3 Å². The van der Waals surface area contributed by atoms with Crippen molar-refractivity contribution in [3.8, 4) is 0 Å². The maximum absolute atomic E-state index is 6.10. The van der Waals surface area contributed by atoms with E-state index in [0.29, 0.717) is 23.9 Å². The first-order valence-electron chi connectivity index (χ1n) is 8.98. The van der Waals surface area contributed by atoms with E-state index >= 15 is 0 Å². The fraction of sp³-hybridized carbons (Fsp3) is 0.765. The van der Waals surface area contributed by atoms with Gasteiger partial charge >= 0.3 is 0 Å². The Kier molecular flexibility index (Phi) is 6.05. The van der Waals surface area contributed by atoms with Crippen LogP contribution in [-0.2, 0) is 4.74 Å². The summed E-state index contributed by atoms with van der Waals surface area (Å²) < 4.78 is 6.10. The molecule has 1 aliphatic heterocycles. The first-order chi connectivity index (χ1) is 11.3. The zero-order valence-electron chi connectivity index (χ0n) is 13.9. The fourth-order valence-electron chi connectivity index (χ4n) is 3.60. The number of anilines is 2. The van der Waals surface area contributed by atoms with Crippen LogP contribution < -0.4 is 11.1 Å². The summed E-state index contributed by atoms with van der Waals surface area (Å²) in [5, 5.41) is 3.40. The highest BCUT2D eigenvalue weighted by Gasteiger charge is 2.23. The second-order valence-electron chi connectivity index (χ2n) is 6.71. The Balaban J connectivity index is 1.36. The molecule has 128 valence electrons. The van der Waals surface area contributed by atoms with Gasteiger partial charge in [0, 0.05) is 25.4 Å². The van der Waals surface area contributed by atoms with E-state index in [4.69, 9.17) is 10.5 Å². The topological polar surface area (TPSA) is 76.3 Å². The first-order valence-corrected chi connectivity index (χ1v) is 8.98. The van der Waals surface area contributed by atoms with Gasteiger partial charge in [-0.1, -0.05) is 0 Å². The van der Waals surface area contributed by atoms with Gasteiger partial charge in [0.25, 0.3) is 0 Å². The van der Waals surface area contributed by atoms with Gasteiger partial charge in [0.2, 0.25) is 5.95 Å². The molecule has 1 aliphatic carbocycles. The molecule has 1 saturated heterocycles. The van der Waals surface area contributed by atoms with Crippen molar-refractivity contribution < 1.29 is 4.74 Å². The lowest BCUT2D eigenvalue weighted by atomic mass is 9.93. The number of likely N-dealkylation sites (tertiary alicyclic amines) is 1. The summed E-state index contributed by atoms with van der Waals surface area (Å²) >= 11 is 0. The first kappa shape index (κ1) is 16.5. The number of ether oxygens (including phenoxy) is 1. The van der Waals surface area contributed by atoms with Gasteiger partial charge in [-0.15, -0.1) is 0 Å². The van der Waals surface area contributed by atoms with E-state index in [1.54, 1.807) is 12.3 Å². The predicted octanol–water partition coefficient (Wildman–Crippen LogP) is 2.28. The summed E-state index contributed by atoms with van der Waals surface area (Å²) in [6.07, 6.45) is 10.5. The highest BCUT2D eigenvalue weighted by molar-refractivity contribution is 5.35. The summed E-state index contributed by atoms with van der Waals surface area (Å²) in [6, 6.07) is 2.09. The molecule has 0 unspecified atom stereocenters. The zero-order valence-corrected chi connectivity index (χ0v) is 13.9. The average molecular weight is 319 g/mol. The molecule has 2 aliphatic rings. The van der Waals surface area contributed by atoms with E-state index in [-0.39, 0.29) is 0 Å². The molecule has 6 nitrogen and oxygen atoms in total. The van der Waals surface area contributed by atoms with Gasteiger partial charge in [-0.25, -0.2) is 4.98 Å². The molecular formula is C17H29N5O. The van der Waals surface area contributed by atoms with Gasteiger partial charge in [0.1, 0.15) is 5.82 Å². The minimum atomic E-state index is 0.362. The second kappa shape index (κ2) is 8.45. The number of hydrogen-bond acceptors (Lipinski definition) is 6. The molecule has 0 aromatic carbocycles. The molecule has 1 aromatic heterocycles. The smallest absolute Gasteiger partial charge is 0.224 e. The Labute approximate surface area is 138 Å². The minimum Gasteiger partial charge on any atom is -0.384 e. The molecule has 0 bridgehead atoms. The SMILES string of the molecule is Nc1ccnc(N[C@H]2CCC[C@@H](OCCCN3CCCC3)C2)n1. The van der Waals surface area contributed by atoms with Crippen molar-refractivity contribution >= 4 is 11.8 Å². The summed E-state index contributed by atoms with van der Waals surface area (Å²) in [6.45, 7) is 4.61. The lowest BCUT2D eigenvalue weighted by Gasteiger charge is -2.30. The lowest BCUT2D eigenvalue weighted by molar-refractivity contribution is 0.0213. The van der Waals surface area contributed by atoms with E-state index in [9.17, 15) is 0 Å². The molecule has 0 radical (unpaired) electrons. The van der Waals surface area contributed by atoms with Crippen molar-refractivity contribution in [3.63, 3.8) is 0 Å². The van der Waals surface area contributed by atoms with Crippen molar-refractivity contribution in [1.29, 1.82) is 0 Å². The van der Waals surface area contributed by atoms with Gasteiger partial charge in [0.05, 0.1) is 6.10 Å². The molecule has 0 spiro atoms. The molecule has 1 saturated carbocycles. The Bertz CT molecular complexity index is 478. The largest absolute Gasteiger partial charge is 0.384 e. The van der Waals surface area contributed by atoms with Crippen LogP contribution in [0.1, 0.15) is 44.9 Å². The minimum absolute atomic E-state index is 0.362. The Morgan fingerprint density at radius 3 is 2.96 bits per heavy atom. The molecule has 3 N–H and O–H groups in total. The Hall–Kier alpha value is -1.40. The Morgan fingerprint density at radius 1 is 1.26 bits per heavy atom. The highest BCUT2D eigenvalue weighted by atomic mass is 16.5. The van der Waals surface area contributed by atoms with E-state index < -0.39 is 0 Å². The Morgan fingerprint density at radius 2 is 2.13 bits per heavy atom. The number of rotatable bonds is 7. The second-order valence-corrected chi connectivity index (χ2v) is 6.71. The maximum atomic E-state index is 6.10. The van der Waals surface area contributed by atoms with Crippen LogP contribution in [0.5, 0.6) is 0 Å². The number of nitrogens with zero attached hydrogens (tertiary/aromatic N) is 3. The van der Waals surface area contributed by atoms with E-state index in [1.165, 1.54) is 45.3 Å². The van der Waals surface area contributed by atoms with Gasteiger partial charge < -0.3 is 20.7 Å². The zero-order chi connectivity index (χ0) is 15.9. The third-order valence-corrected chi connectivity index (χ3v) is 4.81. The van der Waals surface area contributed by atoms with Crippen LogP contribution >= 0.6 is 0 Å². The number of nitrogens with one attached hydrogen (secondary N) is 1. The highest BCUT2D eigenvalue weighted by Crippen LogP contribution is 2.23. The lowest BCUT2D eigenvalue weighted by Crippen LogP contribution is -2.32. The van der Waals surface area contributed by atoms with Crippen LogP contribution in [0.25, 0.3) is 0 Å². The van der Waals surface area contributed by atoms with Crippen LogP contribution in [-0.4, -0.2) is 53.3 Å². The quantitative estimate of drug-likeness (QED) is 0.751. The van der Waals surface area contributed by atoms with Crippen LogP contribution in [0.15, 0.2) is 12.3 Å². The van der Waals surface area contributed by atoms with Crippen LogP contribution in [0.2, 0.25) is 0 Å². The normalized spacial score (nSPS) is 25.6. The number of aromatic nitrogens is 2. The molecule has 3 rings (SSSR count). The van der Waals surface area contributed by atoms with E-state index in [0.717, 1.165) is 25.9 Å². The van der Waals surface area contributed by atoms with Crippen LogP contribution in [0.3, 0.4) is 0 Å². The average Bonchev–Trinajstić information content (AvgIpc) is 3.05. The van der Waals surface area contributed by atoms with Crippen molar-refractivity contribution in [2.45, 2.75) is 57.1 Å². The monoisotopic (exact) mass is 319 g/mol. The molecule has 2 heterocycles. The summed E-state index contributed by atoms with van der Waals surface area (Å²) in [7, 11) is 0. The van der Waals surface area contributed by atoms with E-state index in [2.05, 4.69) is 20.2 Å². The third-order valence-electron chi connectivity index (χ3n) is 4.81. The van der Waals surface area contributed by atoms with Gasteiger partial charge in [0.15, 0.2) is 0 Å². The van der Waals surface area contributed by atoms with Crippen molar-refractivity contribution in [1.82, 2.24) is 14.9 Å². The number of nitrogen functional groups attached to an aromatic ring is 1. The van der Waals surface area contributed by atoms with E-state index in [1.807, 2.05) is 0 Å². The van der Waals surface area contributed by atoms with Crippen molar-refractivity contribution in [3.05, 3.63) is 12.3 Å². The maximum Gasteiger partial charge on any atom is 0.224 e. The standard InChI is InChI=1S/C17H29N5O/c18-16-7-8-19-17(21-16)20-14-5-3-6-15(13-14)23-12-4-11-22-9-1-2-10-22/h7-8,14-15H,1-6,9-13H2,(H3,18,19,20,21)/t14-,15+/m0/s1. The summed E-state index contributed by atoms with van der Waals surface area (Å²) in [5.41, 5.74) is 5.70. The molecule has 2 fully saturated rings. The number of hydrogen-bond donors (Lipinski definition) is 2. The third kappa shape index (κ3) is 5.32. The summed E-state index contributed by atoms with van der Waals surface area (Å²) in [5.74, 6) is 1.14. The van der Waals surface area contributed by atoms with Crippen LogP contribution in [0.4, 0.5) is 11.8 Å². The molecule has 6 heteroatoms. The van der Waals surface area contributed by atoms with Crippen molar-refractivity contribution in [2.24, 2.45) is 0 Å². The van der Waals surface area contributed by atoms with Gasteiger partial charge in [-0.2, -0.15) is 4.98 Å². The molecule has 23 heavy (non-hydrogen) atoms. The molecule has 2 atom stereocenters. The molecule has 0 amide bonds. The summed E-state index contributed by atoms with van der Waals surface area (Å²) in [4.78, 5) is 11.0. The molecular weight excluding hydrogens is 290 g/mol. The van der Waals surface area contributed by atoms with Gasteiger partial charge in [-0.3, -0.25) is 0 Å². The van der Waals surface area contributed by atoms with Gasteiger partial charge in [-0.05, 0) is 64.1 Å². The molecule has 1 aromatic rings. The number of nitrogens with two attached hydrogens (primary N) is 1. The predicted molar refractivity (Wildman–Crippen MR) is 92.4 cm³/mol. The van der Waals surface area contributed by atoms with Crippen LogP contribution in [0, 0.1) is 0 Å².